The molecule has 2 aliphatic heterocycles. The second-order valence-corrected chi connectivity index (χ2v) is 7.62. The van der Waals surface area contributed by atoms with Gasteiger partial charge in [-0.15, -0.1) is 0 Å². The first kappa shape index (κ1) is 13.8. The minimum atomic E-state index is 0.283. The van der Waals surface area contributed by atoms with Gasteiger partial charge < -0.3 is 5.73 Å². The fraction of sp³-hybridized carbons (Fsp3) is 1.00. The van der Waals surface area contributed by atoms with E-state index in [0.717, 1.165) is 30.5 Å². The van der Waals surface area contributed by atoms with Crippen LogP contribution < -0.4 is 5.73 Å². The zero-order valence-corrected chi connectivity index (χ0v) is 12.9. The lowest BCUT2D eigenvalue weighted by atomic mass is 9.93. The predicted octanol–water partition coefficient (Wildman–Crippen LogP) is 1.92. The van der Waals surface area contributed by atoms with Crippen LogP contribution in [0.5, 0.6) is 0 Å². The summed E-state index contributed by atoms with van der Waals surface area (Å²) in [6.07, 6.45) is 5.49. The van der Waals surface area contributed by atoms with Crippen LogP contribution in [0.2, 0.25) is 0 Å². The normalized spacial score (nSPS) is 41.5. The van der Waals surface area contributed by atoms with Gasteiger partial charge in [-0.3, -0.25) is 9.80 Å². The summed E-state index contributed by atoms with van der Waals surface area (Å²) >= 11 is 0. The molecule has 1 aliphatic carbocycles. The molecule has 2 saturated heterocycles. The van der Waals surface area contributed by atoms with Gasteiger partial charge in [-0.1, -0.05) is 13.8 Å². The highest BCUT2D eigenvalue weighted by Gasteiger charge is 2.50. The molecule has 0 aromatic carbocycles. The number of nitrogens with two attached hydrogens (primary N) is 1. The Bertz CT molecular complexity index is 326. The lowest BCUT2D eigenvalue weighted by molar-refractivity contribution is 0.118. The van der Waals surface area contributed by atoms with Crippen LogP contribution in [0.1, 0.15) is 46.5 Å². The highest BCUT2D eigenvalue weighted by molar-refractivity contribution is 5.08. The van der Waals surface area contributed by atoms with Gasteiger partial charge in [0.2, 0.25) is 0 Å². The van der Waals surface area contributed by atoms with Crippen LogP contribution in [-0.4, -0.2) is 53.6 Å². The molecule has 1 saturated carbocycles. The third-order valence-corrected chi connectivity index (χ3v) is 5.95. The van der Waals surface area contributed by atoms with Crippen molar-refractivity contribution in [3.8, 4) is 0 Å². The Balaban J connectivity index is 1.70. The smallest absolute Gasteiger partial charge is 0.0473 e. The van der Waals surface area contributed by atoms with Gasteiger partial charge in [-0.05, 0) is 51.0 Å². The first-order valence-corrected chi connectivity index (χ1v) is 8.26. The summed E-state index contributed by atoms with van der Waals surface area (Å²) in [5, 5.41) is 0. The van der Waals surface area contributed by atoms with Crippen LogP contribution in [0, 0.1) is 11.8 Å². The number of likely N-dealkylation sites (tertiary alicyclic amines) is 2. The van der Waals surface area contributed by atoms with Crippen LogP contribution in [0.4, 0.5) is 0 Å². The van der Waals surface area contributed by atoms with E-state index in [-0.39, 0.29) is 5.54 Å². The van der Waals surface area contributed by atoms with Crippen molar-refractivity contribution in [2.24, 2.45) is 17.6 Å². The molecule has 3 rings (SSSR count). The number of hydrogen-bond donors (Lipinski definition) is 1. The first-order chi connectivity index (χ1) is 9.05. The molecule has 0 aromatic heterocycles. The molecule has 3 unspecified atom stereocenters. The Hall–Kier alpha value is -0.120. The molecule has 110 valence electrons. The lowest BCUT2D eigenvalue weighted by Crippen LogP contribution is -2.55. The fourth-order valence-electron chi connectivity index (χ4n) is 4.39. The van der Waals surface area contributed by atoms with Gasteiger partial charge in [0.25, 0.3) is 0 Å². The van der Waals surface area contributed by atoms with E-state index < -0.39 is 0 Å². The average molecular weight is 265 g/mol. The molecule has 0 amide bonds. The Kier molecular flexibility index (Phi) is 3.65. The lowest BCUT2D eigenvalue weighted by Gasteiger charge is -2.38. The second-order valence-electron chi connectivity index (χ2n) is 7.62. The first-order valence-electron chi connectivity index (χ1n) is 8.26. The van der Waals surface area contributed by atoms with Gasteiger partial charge >= 0.3 is 0 Å². The van der Waals surface area contributed by atoms with Crippen molar-refractivity contribution in [3.63, 3.8) is 0 Å². The average Bonchev–Trinajstić information content (AvgIpc) is 2.98. The summed E-state index contributed by atoms with van der Waals surface area (Å²) < 4.78 is 0. The maximum atomic E-state index is 6.25. The SMILES string of the molecule is CC(C)C1CCN(C2(CN)CC(C)N(C3CC3)C2)C1. The van der Waals surface area contributed by atoms with E-state index in [1.54, 1.807) is 0 Å². The van der Waals surface area contributed by atoms with Crippen LogP contribution in [0.3, 0.4) is 0 Å². The van der Waals surface area contributed by atoms with Crippen molar-refractivity contribution in [3.05, 3.63) is 0 Å². The van der Waals surface area contributed by atoms with Crippen molar-refractivity contribution in [2.45, 2.75) is 64.1 Å². The van der Waals surface area contributed by atoms with Crippen molar-refractivity contribution >= 4 is 0 Å². The van der Waals surface area contributed by atoms with Crippen LogP contribution in [-0.2, 0) is 0 Å². The van der Waals surface area contributed by atoms with Crippen LogP contribution in [0.15, 0.2) is 0 Å². The molecular weight excluding hydrogens is 234 g/mol. The summed E-state index contributed by atoms with van der Waals surface area (Å²) in [5.41, 5.74) is 6.53. The van der Waals surface area contributed by atoms with Crippen LogP contribution in [0.25, 0.3) is 0 Å². The third kappa shape index (κ3) is 2.45. The largest absolute Gasteiger partial charge is 0.329 e. The molecule has 3 nitrogen and oxygen atoms in total. The zero-order valence-electron chi connectivity index (χ0n) is 12.9. The standard InChI is InChI=1S/C16H31N3/c1-12(2)14-6-7-18(9-14)16(10-17)8-13(3)19(11-16)15-4-5-15/h12-15H,4-11,17H2,1-3H3. The van der Waals surface area contributed by atoms with E-state index in [9.17, 15) is 0 Å². The van der Waals surface area contributed by atoms with Crippen molar-refractivity contribution in [1.29, 1.82) is 0 Å². The van der Waals surface area contributed by atoms with E-state index in [2.05, 4.69) is 30.6 Å². The number of nitrogens with zero attached hydrogens (tertiary/aromatic N) is 2. The molecule has 2 N–H and O–H groups in total. The Labute approximate surface area is 118 Å². The third-order valence-electron chi connectivity index (χ3n) is 5.95. The molecule has 0 radical (unpaired) electrons. The van der Waals surface area contributed by atoms with E-state index >= 15 is 0 Å². The van der Waals surface area contributed by atoms with E-state index in [1.807, 2.05) is 0 Å². The molecule has 2 heterocycles. The summed E-state index contributed by atoms with van der Waals surface area (Å²) in [5.74, 6) is 1.70. The molecule has 3 atom stereocenters. The zero-order chi connectivity index (χ0) is 13.6. The van der Waals surface area contributed by atoms with E-state index in [4.69, 9.17) is 5.73 Å². The minimum Gasteiger partial charge on any atom is -0.329 e. The molecule has 0 aromatic rings. The molecular formula is C16H31N3. The molecule has 3 fully saturated rings. The van der Waals surface area contributed by atoms with Gasteiger partial charge in [0.15, 0.2) is 0 Å². The topological polar surface area (TPSA) is 32.5 Å². The summed E-state index contributed by atoms with van der Waals surface area (Å²) in [6, 6.07) is 1.61. The van der Waals surface area contributed by atoms with Crippen molar-refractivity contribution < 1.29 is 0 Å². The van der Waals surface area contributed by atoms with Gasteiger partial charge in [0, 0.05) is 37.3 Å². The van der Waals surface area contributed by atoms with Gasteiger partial charge in [0.1, 0.15) is 0 Å². The van der Waals surface area contributed by atoms with Crippen molar-refractivity contribution in [1.82, 2.24) is 9.80 Å². The second kappa shape index (κ2) is 5.01. The van der Waals surface area contributed by atoms with Gasteiger partial charge in [-0.25, -0.2) is 0 Å². The molecule has 0 spiro atoms. The highest BCUT2D eigenvalue weighted by atomic mass is 15.3. The summed E-state index contributed by atoms with van der Waals surface area (Å²) in [6.45, 7) is 11.8. The monoisotopic (exact) mass is 265 g/mol. The molecule has 3 heteroatoms. The summed E-state index contributed by atoms with van der Waals surface area (Å²) in [4.78, 5) is 5.49. The van der Waals surface area contributed by atoms with Crippen molar-refractivity contribution in [2.75, 3.05) is 26.2 Å². The minimum absolute atomic E-state index is 0.283. The fourth-order valence-corrected chi connectivity index (χ4v) is 4.39. The maximum Gasteiger partial charge on any atom is 0.0473 e. The predicted molar refractivity (Wildman–Crippen MR) is 80.1 cm³/mol. The quantitative estimate of drug-likeness (QED) is 0.843. The Morgan fingerprint density at radius 3 is 2.53 bits per heavy atom. The highest BCUT2D eigenvalue weighted by Crippen LogP contribution is 2.41. The summed E-state index contributed by atoms with van der Waals surface area (Å²) in [7, 11) is 0. The van der Waals surface area contributed by atoms with E-state index in [1.165, 1.54) is 45.3 Å². The number of hydrogen-bond acceptors (Lipinski definition) is 3. The van der Waals surface area contributed by atoms with E-state index in [0.29, 0.717) is 0 Å². The molecule has 3 aliphatic rings. The molecule has 19 heavy (non-hydrogen) atoms. The van der Waals surface area contributed by atoms with Gasteiger partial charge in [0.05, 0.1) is 0 Å². The van der Waals surface area contributed by atoms with Crippen LogP contribution >= 0.6 is 0 Å². The van der Waals surface area contributed by atoms with Gasteiger partial charge in [-0.2, -0.15) is 0 Å². The Morgan fingerprint density at radius 2 is 2.00 bits per heavy atom. The number of rotatable bonds is 4. The maximum absolute atomic E-state index is 6.25. The Morgan fingerprint density at radius 1 is 1.26 bits per heavy atom. The molecule has 0 bridgehead atoms.